The van der Waals surface area contributed by atoms with Crippen LogP contribution in [0.5, 0.6) is 0 Å². The van der Waals surface area contributed by atoms with Crippen molar-refractivity contribution in [1.29, 1.82) is 0 Å². The molecule has 0 radical (unpaired) electrons. The number of hydrogen-bond donors (Lipinski definition) is 1. The van der Waals surface area contributed by atoms with Gasteiger partial charge in [-0.1, -0.05) is 26.7 Å². The lowest BCUT2D eigenvalue weighted by Gasteiger charge is -2.31. The van der Waals surface area contributed by atoms with Crippen LogP contribution >= 0.6 is 0 Å². The Morgan fingerprint density at radius 2 is 1.76 bits per heavy atom. The Kier molecular flexibility index (Phi) is 5.41. The Morgan fingerprint density at radius 1 is 1.24 bits per heavy atom. The van der Waals surface area contributed by atoms with Crippen LogP contribution in [0.3, 0.4) is 0 Å². The van der Waals surface area contributed by atoms with Gasteiger partial charge in [0.25, 0.3) is 0 Å². The second-order valence-electron chi connectivity index (χ2n) is 5.23. The molecule has 0 amide bonds. The van der Waals surface area contributed by atoms with Crippen LogP contribution in [-0.4, -0.2) is 26.9 Å². The molecule has 1 saturated carbocycles. The van der Waals surface area contributed by atoms with Gasteiger partial charge in [0.15, 0.2) is 0 Å². The van der Waals surface area contributed by atoms with Crippen LogP contribution in [0.2, 0.25) is 0 Å². The Bertz CT molecular complexity index is 317. The van der Waals surface area contributed by atoms with Crippen LogP contribution in [0.4, 0.5) is 0 Å². The molecule has 0 aromatic rings. The number of sulfonamides is 1. The van der Waals surface area contributed by atoms with Gasteiger partial charge in [-0.3, -0.25) is 0 Å². The van der Waals surface area contributed by atoms with Crippen LogP contribution in [0.1, 0.15) is 52.4 Å². The molecule has 0 spiro atoms. The van der Waals surface area contributed by atoms with Gasteiger partial charge < -0.3 is 4.74 Å². The molecule has 1 aliphatic carbocycles. The average molecular weight is 263 g/mol. The van der Waals surface area contributed by atoms with Crippen molar-refractivity contribution in [1.82, 2.24) is 0 Å². The smallest absolute Gasteiger partial charge is 0.209 e. The zero-order valence-corrected chi connectivity index (χ0v) is 11.8. The highest BCUT2D eigenvalue weighted by atomic mass is 32.2. The van der Waals surface area contributed by atoms with Gasteiger partial charge in [-0.25, -0.2) is 13.6 Å². The van der Waals surface area contributed by atoms with Crippen LogP contribution in [0.15, 0.2) is 0 Å². The minimum absolute atomic E-state index is 0.0275. The van der Waals surface area contributed by atoms with E-state index in [1.807, 2.05) is 13.8 Å². The van der Waals surface area contributed by atoms with Crippen molar-refractivity contribution >= 4 is 10.0 Å². The fraction of sp³-hybridized carbons (Fsp3) is 1.00. The third-order valence-electron chi connectivity index (χ3n) is 3.93. The standard InChI is InChI=1S/C12H25NO3S/c1-3-12(4-2,10-17(13,14)15)9-16-11-7-5-6-8-11/h11H,3-10H2,1-2H3,(H2,13,14,15). The van der Waals surface area contributed by atoms with E-state index in [9.17, 15) is 8.42 Å². The second kappa shape index (κ2) is 6.16. The van der Waals surface area contributed by atoms with Crippen molar-refractivity contribution in [3.8, 4) is 0 Å². The maximum atomic E-state index is 11.3. The van der Waals surface area contributed by atoms with Crippen LogP contribution in [0.25, 0.3) is 0 Å². The van der Waals surface area contributed by atoms with E-state index in [4.69, 9.17) is 9.88 Å². The van der Waals surface area contributed by atoms with Crippen molar-refractivity contribution in [3.63, 3.8) is 0 Å². The minimum atomic E-state index is -3.43. The first-order valence-electron chi connectivity index (χ1n) is 6.53. The summed E-state index contributed by atoms with van der Waals surface area (Å²) in [5, 5.41) is 5.17. The number of hydrogen-bond acceptors (Lipinski definition) is 3. The maximum absolute atomic E-state index is 11.3. The first kappa shape index (κ1) is 14.9. The van der Waals surface area contributed by atoms with Gasteiger partial charge in [0.1, 0.15) is 0 Å². The molecule has 0 heterocycles. The van der Waals surface area contributed by atoms with Crippen LogP contribution < -0.4 is 5.14 Å². The molecule has 4 nitrogen and oxygen atoms in total. The molecular formula is C12H25NO3S. The molecule has 0 bridgehead atoms. The molecule has 0 atom stereocenters. The van der Waals surface area contributed by atoms with Gasteiger partial charge in [0.05, 0.1) is 18.5 Å². The van der Waals surface area contributed by atoms with Gasteiger partial charge in [-0.15, -0.1) is 0 Å². The fourth-order valence-electron chi connectivity index (χ4n) is 2.48. The average Bonchev–Trinajstić information content (AvgIpc) is 2.75. The molecule has 0 aliphatic heterocycles. The van der Waals surface area contributed by atoms with Crippen LogP contribution in [-0.2, 0) is 14.8 Å². The molecule has 1 fully saturated rings. The maximum Gasteiger partial charge on any atom is 0.209 e. The highest BCUT2D eigenvalue weighted by Gasteiger charge is 2.32. The van der Waals surface area contributed by atoms with Gasteiger partial charge >= 0.3 is 0 Å². The van der Waals surface area contributed by atoms with E-state index in [-0.39, 0.29) is 11.2 Å². The van der Waals surface area contributed by atoms with Crippen molar-refractivity contribution in [2.24, 2.45) is 10.6 Å². The van der Waals surface area contributed by atoms with E-state index >= 15 is 0 Å². The zero-order valence-electron chi connectivity index (χ0n) is 10.9. The van der Waals surface area contributed by atoms with Gasteiger partial charge in [0.2, 0.25) is 10.0 Å². The van der Waals surface area contributed by atoms with Crippen molar-refractivity contribution in [2.45, 2.75) is 58.5 Å². The summed E-state index contributed by atoms with van der Waals surface area (Å²) in [7, 11) is -3.43. The zero-order chi connectivity index (χ0) is 12.9. The van der Waals surface area contributed by atoms with Crippen LogP contribution in [0, 0.1) is 5.41 Å². The van der Waals surface area contributed by atoms with Crippen molar-refractivity contribution < 1.29 is 13.2 Å². The van der Waals surface area contributed by atoms with E-state index in [0.29, 0.717) is 12.7 Å². The molecule has 0 aromatic heterocycles. The van der Waals surface area contributed by atoms with E-state index in [0.717, 1.165) is 25.7 Å². The summed E-state index contributed by atoms with van der Waals surface area (Å²) in [6.07, 6.45) is 6.57. The molecule has 17 heavy (non-hydrogen) atoms. The third-order valence-corrected chi connectivity index (χ3v) is 4.95. The minimum Gasteiger partial charge on any atom is -0.378 e. The van der Waals surface area contributed by atoms with Gasteiger partial charge in [0, 0.05) is 5.41 Å². The SMILES string of the molecule is CCC(CC)(COC1CCCC1)CS(N)(=O)=O. The fourth-order valence-corrected chi connectivity index (χ4v) is 3.82. The summed E-state index contributed by atoms with van der Waals surface area (Å²) in [5.74, 6) is 0.0275. The summed E-state index contributed by atoms with van der Waals surface area (Å²) < 4.78 is 28.4. The Hall–Kier alpha value is -0.130. The molecule has 1 rings (SSSR count). The monoisotopic (exact) mass is 263 g/mol. The van der Waals surface area contributed by atoms with Gasteiger partial charge in [-0.2, -0.15) is 0 Å². The number of rotatable bonds is 7. The molecule has 5 heteroatoms. The summed E-state index contributed by atoms with van der Waals surface area (Å²) in [4.78, 5) is 0. The lowest BCUT2D eigenvalue weighted by Crippen LogP contribution is -2.37. The predicted molar refractivity (Wildman–Crippen MR) is 69.2 cm³/mol. The molecule has 2 N–H and O–H groups in total. The molecule has 0 saturated heterocycles. The van der Waals surface area contributed by atoms with Crippen molar-refractivity contribution in [2.75, 3.05) is 12.4 Å². The normalized spacial score (nSPS) is 18.8. The Labute approximate surface area is 105 Å². The topological polar surface area (TPSA) is 69.4 Å². The first-order chi connectivity index (χ1) is 7.91. The van der Waals surface area contributed by atoms with Crippen molar-refractivity contribution in [3.05, 3.63) is 0 Å². The lowest BCUT2D eigenvalue weighted by molar-refractivity contribution is -0.00166. The quantitative estimate of drug-likeness (QED) is 0.764. The summed E-state index contributed by atoms with van der Waals surface area (Å²) in [6, 6.07) is 0. The number of nitrogens with two attached hydrogens (primary N) is 1. The molecule has 1 aliphatic rings. The highest BCUT2D eigenvalue weighted by molar-refractivity contribution is 7.89. The third kappa shape index (κ3) is 4.94. The molecule has 0 unspecified atom stereocenters. The number of ether oxygens (including phenoxy) is 1. The number of primary sulfonamides is 1. The first-order valence-corrected chi connectivity index (χ1v) is 8.24. The summed E-state index contributed by atoms with van der Waals surface area (Å²) >= 11 is 0. The predicted octanol–water partition coefficient (Wildman–Crippen LogP) is 2.04. The molecular weight excluding hydrogens is 238 g/mol. The van der Waals surface area contributed by atoms with E-state index in [1.54, 1.807) is 0 Å². The lowest BCUT2D eigenvalue weighted by atomic mass is 9.85. The highest BCUT2D eigenvalue weighted by Crippen LogP contribution is 2.31. The van der Waals surface area contributed by atoms with E-state index < -0.39 is 10.0 Å². The molecule has 0 aromatic carbocycles. The molecule has 102 valence electrons. The Balaban J connectivity index is 2.56. The van der Waals surface area contributed by atoms with Gasteiger partial charge in [-0.05, 0) is 25.7 Å². The Morgan fingerprint density at radius 3 is 2.18 bits per heavy atom. The summed E-state index contributed by atoms with van der Waals surface area (Å²) in [5.41, 5.74) is -0.309. The van der Waals surface area contributed by atoms with E-state index in [2.05, 4.69) is 0 Å². The van der Waals surface area contributed by atoms with E-state index in [1.165, 1.54) is 12.8 Å². The second-order valence-corrected chi connectivity index (χ2v) is 6.85. The summed E-state index contributed by atoms with van der Waals surface area (Å²) in [6.45, 7) is 4.53. The largest absolute Gasteiger partial charge is 0.378 e.